The molecule has 0 aliphatic carbocycles. The lowest BCUT2D eigenvalue weighted by Crippen LogP contribution is -2.16. The quantitative estimate of drug-likeness (QED) is 0.463. The van der Waals surface area contributed by atoms with Gasteiger partial charge in [0.15, 0.2) is 11.5 Å². The Morgan fingerprint density at radius 2 is 1.04 bits per heavy atom. The summed E-state index contributed by atoms with van der Waals surface area (Å²) in [7, 11) is 0. The highest BCUT2D eigenvalue weighted by atomic mass is 19.3. The van der Waals surface area contributed by atoms with Gasteiger partial charge in [0.25, 0.3) is 0 Å². The molecule has 0 fully saturated rings. The van der Waals surface area contributed by atoms with E-state index in [1.165, 1.54) is 13.8 Å². The van der Waals surface area contributed by atoms with E-state index in [9.17, 15) is 26.3 Å². The van der Waals surface area contributed by atoms with Crippen LogP contribution in [0.25, 0.3) is 0 Å². The molecule has 0 N–H and O–H groups in total. The van der Waals surface area contributed by atoms with Crippen molar-refractivity contribution in [1.29, 1.82) is 0 Å². The minimum Gasteiger partial charge on any atom is -0.487 e. The molecular weight excluding hydrogens is 370 g/mol. The first-order valence-corrected chi connectivity index (χ1v) is 7.88. The van der Waals surface area contributed by atoms with Gasteiger partial charge in [-0.15, -0.1) is 0 Å². The van der Waals surface area contributed by atoms with Crippen LogP contribution in [-0.2, 0) is 0 Å². The van der Waals surface area contributed by atoms with E-state index in [4.69, 9.17) is 9.47 Å². The Morgan fingerprint density at radius 1 is 0.692 bits per heavy atom. The molecule has 1 aromatic rings. The van der Waals surface area contributed by atoms with Gasteiger partial charge in [-0.25, -0.2) is 8.78 Å². The molecule has 1 aromatic carbocycles. The second kappa shape index (κ2) is 10.9. The normalized spacial score (nSPS) is 13.6. The molecule has 2 atom stereocenters. The van der Waals surface area contributed by atoms with Gasteiger partial charge in [0.2, 0.25) is 11.5 Å². The highest BCUT2D eigenvalue weighted by molar-refractivity contribution is 5.59. The van der Waals surface area contributed by atoms with E-state index in [-0.39, 0.29) is 12.8 Å². The fourth-order valence-corrected chi connectivity index (χ4v) is 1.75. The Hall–Kier alpha value is -2.00. The molecule has 0 aliphatic heterocycles. The van der Waals surface area contributed by atoms with Crippen molar-refractivity contribution in [3.63, 3.8) is 0 Å². The fraction of sp³-hybridized carbons (Fsp3) is 0.625. The third-order valence-corrected chi connectivity index (χ3v) is 3.18. The maximum absolute atomic E-state index is 13.3. The van der Waals surface area contributed by atoms with E-state index >= 15 is 0 Å². The van der Waals surface area contributed by atoms with E-state index < -0.39 is 61.8 Å². The molecule has 0 heterocycles. The van der Waals surface area contributed by atoms with Gasteiger partial charge in [0.1, 0.15) is 25.6 Å². The van der Waals surface area contributed by atoms with Gasteiger partial charge < -0.3 is 18.9 Å². The average Bonchev–Trinajstić information content (AvgIpc) is 2.59. The van der Waals surface area contributed by atoms with Crippen LogP contribution in [0.2, 0.25) is 0 Å². The SMILES string of the molecule is CCC(F)COc1ccc(OCC(F)CC)c(OC(F)F)c1OC(F)F. The maximum atomic E-state index is 13.3. The lowest BCUT2D eigenvalue weighted by atomic mass is 10.2. The van der Waals surface area contributed by atoms with Crippen LogP contribution in [0.1, 0.15) is 26.7 Å². The highest BCUT2D eigenvalue weighted by Crippen LogP contribution is 2.46. The molecule has 0 saturated heterocycles. The number of rotatable bonds is 12. The van der Waals surface area contributed by atoms with Crippen LogP contribution in [0.5, 0.6) is 23.0 Å². The van der Waals surface area contributed by atoms with Crippen molar-refractivity contribution in [2.24, 2.45) is 0 Å². The Labute approximate surface area is 147 Å². The smallest absolute Gasteiger partial charge is 0.387 e. The molecule has 150 valence electrons. The number of hydrogen-bond acceptors (Lipinski definition) is 4. The first kappa shape index (κ1) is 22.0. The van der Waals surface area contributed by atoms with E-state index in [1.807, 2.05) is 0 Å². The standard InChI is InChI=1S/C16H20F6O4/c1-3-9(17)7-23-11-5-6-12(24-8-10(18)4-2)14(26-16(21)22)13(11)25-15(19)20/h5-6,9-10,15-16H,3-4,7-8H2,1-2H3. The van der Waals surface area contributed by atoms with E-state index in [0.29, 0.717) is 0 Å². The van der Waals surface area contributed by atoms with Crippen LogP contribution in [0.15, 0.2) is 12.1 Å². The van der Waals surface area contributed by atoms with Gasteiger partial charge in [-0.05, 0) is 25.0 Å². The van der Waals surface area contributed by atoms with E-state index in [2.05, 4.69) is 9.47 Å². The maximum Gasteiger partial charge on any atom is 0.387 e. The van der Waals surface area contributed by atoms with Gasteiger partial charge in [0.05, 0.1) is 0 Å². The zero-order valence-corrected chi connectivity index (χ0v) is 14.2. The summed E-state index contributed by atoms with van der Waals surface area (Å²) in [5.74, 6) is -2.63. The summed E-state index contributed by atoms with van der Waals surface area (Å²) < 4.78 is 95.9. The summed E-state index contributed by atoms with van der Waals surface area (Å²) >= 11 is 0. The second-order valence-corrected chi connectivity index (χ2v) is 5.11. The lowest BCUT2D eigenvalue weighted by Gasteiger charge is -2.20. The number of halogens is 6. The Bertz CT molecular complexity index is 497. The van der Waals surface area contributed by atoms with Crippen molar-refractivity contribution in [3.05, 3.63) is 12.1 Å². The molecule has 0 aliphatic rings. The summed E-state index contributed by atoms with van der Waals surface area (Å²) in [5.41, 5.74) is 0. The summed E-state index contributed by atoms with van der Waals surface area (Å²) in [6.45, 7) is -4.74. The second-order valence-electron chi connectivity index (χ2n) is 5.11. The Kier molecular flexibility index (Phi) is 9.22. The third kappa shape index (κ3) is 7.09. The minimum atomic E-state index is -3.40. The zero-order valence-electron chi connectivity index (χ0n) is 14.2. The average molecular weight is 390 g/mol. The van der Waals surface area contributed by atoms with Crippen molar-refractivity contribution in [1.82, 2.24) is 0 Å². The van der Waals surface area contributed by atoms with E-state index in [1.54, 1.807) is 0 Å². The van der Waals surface area contributed by atoms with Gasteiger partial charge in [0, 0.05) is 0 Å². The van der Waals surface area contributed by atoms with Gasteiger partial charge in [-0.3, -0.25) is 0 Å². The fourth-order valence-electron chi connectivity index (χ4n) is 1.75. The van der Waals surface area contributed by atoms with Crippen molar-refractivity contribution < 1.29 is 45.3 Å². The van der Waals surface area contributed by atoms with Crippen LogP contribution in [-0.4, -0.2) is 38.8 Å². The first-order chi connectivity index (χ1) is 12.3. The zero-order chi connectivity index (χ0) is 19.7. The molecule has 0 radical (unpaired) electrons. The van der Waals surface area contributed by atoms with Crippen molar-refractivity contribution in [3.8, 4) is 23.0 Å². The third-order valence-electron chi connectivity index (χ3n) is 3.18. The monoisotopic (exact) mass is 390 g/mol. The molecule has 26 heavy (non-hydrogen) atoms. The Balaban J connectivity index is 3.21. The highest BCUT2D eigenvalue weighted by Gasteiger charge is 2.25. The van der Waals surface area contributed by atoms with Crippen LogP contribution in [0, 0.1) is 0 Å². The molecule has 2 unspecified atom stereocenters. The van der Waals surface area contributed by atoms with Crippen LogP contribution in [0.3, 0.4) is 0 Å². The molecule has 10 heteroatoms. The number of hydrogen-bond donors (Lipinski definition) is 0. The van der Waals surface area contributed by atoms with Crippen molar-refractivity contribution in [2.45, 2.75) is 52.3 Å². The van der Waals surface area contributed by atoms with Crippen LogP contribution >= 0.6 is 0 Å². The first-order valence-electron chi connectivity index (χ1n) is 7.88. The molecule has 0 saturated carbocycles. The number of alkyl halides is 6. The summed E-state index contributed by atoms with van der Waals surface area (Å²) in [5, 5.41) is 0. The van der Waals surface area contributed by atoms with E-state index in [0.717, 1.165) is 12.1 Å². The molecule has 4 nitrogen and oxygen atoms in total. The number of ether oxygens (including phenoxy) is 4. The van der Waals surface area contributed by atoms with Gasteiger partial charge >= 0.3 is 13.2 Å². The number of benzene rings is 1. The summed E-state index contributed by atoms with van der Waals surface area (Å²) in [4.78, 5) is 0. The Morgan fingerprint density at radius 3 is 1.31 bits per heavy atom. The predicted molar refractivity (Wildman–Crippen MR) is 81.1 cm³/mol. The predicted octanol–water partition coefficient (Wildman–Crippen LogP) is 5.14. The molecule has 0 spiro atoms. The van der Waals surface area contributed by atoms with Gasteiger partial charge in [-0.1, -0.05) is 13.8 Å². The van der Waals surface area contributed by atoms with Crippen LogP contribution in [0.4, 0.5) is 26.3 Å². The minimum absolute atomic E-state index is 0.0987. The topological polar surface area (TPSA) is 36.9 Å². The lowest BCUT2D eigenvalue weighted by molar-refractivity contribution is -0.0718. The van der Waals surface area contributed by atoms with Crippen LogP contribution < -0.4 is 18.9 Å². The molecule has 0 aromatic heterocycles. The van der Waals surface area contributed by atoms with Crippen molar-refractivity contribution >= 4 is 0 Å². The largest absolute Gasteiger partial charge is 0.487 e. The molecule has 0 bridgehead atoms. The van der Waals surface area contributed by atoms with Crippen molar-refractivity contribution in [2.75, 3.05) is 13.2 Å². The summed E-state index contributed by atoms with van der Waals surface area (Å²) in [6.07, 6.45) is -2.61. The molecule has 1 rings (SSSR count). The molecular formula is C16H20F6O4. The summed E-state index contributed by atoms with van der Waals surface area (Å²) in [6, 6.07) is 2.12. The molecule has 0 amide bonds. The van der Waals surface area contributed by atoms with Gasteiger partial charge in [-0.2, -0.15) is 17.6 Å².